The zero-order valence-corrected chi connectivity index (χ0v) is 11.6. The van der Waals surface area contributed by atoms with Gasteiger partial charge in [0.15, 0.2) is 0 Å². The number of hydrogen-bond donors (Lipinski definition) is 2. The number of imidazole rings is 1. The quantitative estimate of drug-likeness (QED) is 0.844. The average molecular weight is 274 g/mol. The Balaban J connectivity index is 2.00. The second kappa shape index (κ2) is 6.18. The van der Waals surface area contributed by atoms with Gasteiger partial charge in [0.25, 0.3) is 0 Å². The number of nitrogens with one attached hydrogen (secondary N) is 1. The molecule has 0 unspecified atom stereocenters. The second-order valence-electron chi connectivity index (χ2n) is 4.77. The van der Waals surface area contributed by atoms with Crippen molar-refractivity contribution in [3.63, 3.8) is 0 Å². The minimum atomic E-state index is -0.980. The van der Waals surface area contributed by atoms with Crippen molar-refractivity contribution in [3.05, 3.63) is 42.1 Å². The van der Waals surface area contributed by atoms with Crippen LogP contribution >= 0.6 is 0 Å². The van der Waals surface area contributed by atoms with Gasteiger partial charge in [-0.15, -0.1) is 0 Å². The molecule has 6 heteroatoms. The number of anilines is 1. The monoisotopic (exact) mass is 274 g/mol. The maximum Gasteiger partial charge on any atom is 0.339 e. The average Bonchev–Trinajstić information content (AvgIpc) is 2.87. The number of carboxylic acids is 1. The lowest BCUT2D eigenvalue weighted by Crippen LogP contribution is -2.15. The number of aromatic nitrogens is 3. The van der Waals surface area contributed by atoms with E-state index in [0.29, 0.717) is 24.8 Å². The van der Waals surface area contributed by atoms with Gasteiger partial charge in [0, 0.05) is 37.6 Å². The van der Waals surface area contributed by atoms with Gasteiger partial charge in [0.1, 0.15) is 17.2 Å². The Bertz CT molecular complexity index is 592. The van der Waals surface area contributed by atoms with Gasteiger partial charge in [0.05, 0.1) is 0 Å². The van der Waals surface area contributed by atoms with E-state index in [1.807, 2.05) is 6.20 Å². The van der Waals surface area contributed by atoms with Crippen LogP contribution in [-0.2, 0) is 6.54 Å². The van der Waals surface area contributed by atoms with Gasteiger partial charge >= 0.3 is 5.97 Å². The molecule has 20 heavy (non-hydrogen) atoms. The van der Waals surface area contributed by atoms with E-state index < -0.39 is 5.97 Å². The molecule has 0 aliphatic rings. The molecule has 0 aliphatic heterocycles. The van der Waals surface area contributed by atoms with E-state index in [4.69, 9.17) is 5.11 Å². The molecule has 0 aromatic carbocycles. The molecule has 0 aliphatic carbocycles. The van der Waals surface area contributed by atoms with E-state index in [-0.39, 0.29) is 5.56 Å². The highest BCUT2D eigenvalue weighted by Gasteiger charge is 2.10. The largest absolute Gasteiger partial charge is 0.478 e. The van der Waals surface area contributed by atoms with Crippen LogP contribution < -0.4 is 5.32 Å². The van der Waals surface area contributed by atoms with Crippen LogP contribution in [0.15, 0.2) is 30.7 Å². The van der Waals surface area contributed by atoms with Gasteiger partial charge < -0.3 is 15.0 Å². The molecule has 2 rings (SSSR count). The molecule has 0 bridgehead atoms. The lowest BCUT2D eigenvalue weighted by molar-refractivity contribution is 0.0697. The lowest BCUT2D eigenvalue weighted by atomic mass is 10.2. The Hall–Kier alpha value is -2.37. The summed E-state index contributed by atoms with van der Waals surface area (Å²) in [6.45, 7) is 5.48. The second-order valence-corrected chi connectivity index (χ2v) is 4.77. The maximum absolute atomic E-state index is 11.1. The third-order valence-corrected chi connectivity index (χ3v) is 2.95. The molecular formula is C14H18N4O2. The Labute approximate surface area is 117 Å². The maximum atomic E-state index is 11.1. The van der Waals surface area contributed by atoms with Crippen LogP contribution in [0.1, 0.15) is 35.9 Å². The van der Waals surface area contributed by atoms with Gasteiger partial charge in [-0.25, -0.2) is 14.8 Å². The molecule has 106 valence electrons. The Morgan fingerprint density at radius 2 is 2.20 bits per heavy atom. The zero-order valence-electron chi connectivity index (χ0n) is 11.6. The fourth-order valence-corrected chi connectivity index (χ4v) is 2.02. The summed E-state index contributed by atoms with van der Waals surface area (Å²) < 4.78 is 2.06. The molecule has 0 amide bonds. The van der Waals surface area contributed by atoms with Gasteiger partial charge in [-0.1, -0.05) is 13.8 Å². The number of rotatable bonds is 6. The molecule has 2 heterocycles. The predicted octanol–water partition coefficient (Wildman–Crippen LogP) is 2.21. The van der Waals surface area contributed by atoms with E-state index in [0.717, 1.165) is 5.82 Å². The number of carbonyl (C=O) groups is 1. The SMILES string of the molecule is CC(C)c1nccn1CCNc1ncccc1C(=O)O. The van der Waals surface area contributed by atoms with Crippen molar-refractivity contribution in [2.24, 2.45) is 0 Å². The normalized spacial score (nSPS) is 10.8. The third kappa shape index (κ3) is 3.14. The smallest absolute Gasteiger partial charge is 0.339 e. The van der Waals surface area contributed by atoms with Crippen LogP contribution in [0.25, 0.3) is 0 Å². The summed E-state index contributed by atoms with van der Waals surface area (Å²) >= 11 is 0. The molecule has 2 N–H and O–H groups in total. The van der Waals surface area contributed by atoms with E-state index >= 15 is 0 Å². The van der Waals surface area contributed by atoms with Gasteiger partial charge in [-0.2, -0.15) is 0 Å². The number of hydrogen-bond acceptors (Lipinski definition) is 4. The summed E-state index contributed by atoms with van der Waals surface area (Å²) in [5.41, 5.74) is 0.183. The standard InChI is InChI=1S/C14H18N4O2/c1-10(2)13-17-7-9-18(13)8-6-16-12-11(14(19)20)4-3-5-15-12/h3-5,7,9-10H,6,8H2,1-2H3,(H,15,16)(H,19,20). The minimum absolute atomic E-state index is 0.183. The first-order chi connectivity index (χ1) is 9.59. The van der Waals surface area contributed by atoms with Crippen molar-refractivity contribution in [1.82, 2.24) is 14.5 Å². The van der Waals surface area contributed by atoms with Gasteiger partial charge in [0.2, 0.25) is 0 Å². The van der Waals surface area contributed by atoms with Crippen LogP contribution in [0.3, 0.4) is 0 Å². The van der Waals surface area contributed by atoms with Crippen molar-refractivity contribution in [2.75, 3.05) is 11.9 Å². The van der Waals surface area contributed by atoms with Gasteiger partial charge in [-0.05, 0) is 12.1 Å². The van der Waals surface area contributed by atoms with Crippen LogP contribution in [0.4, 0.5) is 5.82 Å². The summed E-state index contributed by atoms with van der Waals surface area (Å²) in [6, 6.07) is 3.15. The van der Waals surface area contributed by atoms with E-state index in [2.05, 4.69) is 33.7 Å². The summed E-state index contributed by atoms with van der Waals surface area (Å²) in [5.74, 6) is 0.790. The van der Waals surface area contributed by atoms with Crippen molar-refractivity contribution < 1.29 is 9.90 Å². The summed E-state index contributed by atoms with van der Waals surface area (Å²) in [7, 11) is 0. The summed E-state index contributed by atoms with van der Waals surface area (Å²) in [5, 5.41) is 12.1. The molecular weight excluding hydrogens is 256 g/mol. The highest BCUT2D eigenvalue weighted by Crippen LogP contribution is 2.13. The van der Waals surface area contributed by atoms with Crippen LogP contribution in [0, 0.1) is 0 Å². The summed E-state index contributed by atoms with van der Waals surface area (Å²) in [4.78, 5) is 19.4. The van der Waals surface area contributed by atoms with E-state index in [1.165, 1.54) is 6.07 Å². The van der Waals surface area contributed by atoms with Gasteiger partial charge in [-0.3, -0.25) is 0 Å². The van der Waals surface area contributed by atoms with Crippen molar-refractivity contribution in [3.8, 4) is 0 Å². The first kappa shape index (κ1) is 14.0. The highest BCUT2D eigenvalue weighted by molar-refractivity contribution is 5.92. The molecule has 0 atom stereocenters. The number of nitrogens with zero attached hydrogens (tertiary/aromatic N) is 3. The molecule has 0 radical (unpaired) electrons. The Morgan fingerprint density at radius 1 is 1.40 bits per heavy atom. The van der Waals surface area contributed by atoms with Crippen molar-refractivity contribution in [1.29, 1.82) is 0 Å². The third-order valence-electron chi connectivity index (χ3n) is 2.95. The minimum Gasteiger partial charge on any atom is -0.478 e. The fraction of sp³-hybridized carbons (Fsp3) is 0.357. The first-order valence-electron chi connectivity index (χ1n) is 6.52. The zero-order chi connectivity index (χ0) is 14.5. The number of carboxylic acid groups (broad SMARTS) is 1. The van der Waals surface area contributed by atoms with Crippen LogP contribution in [0.5, 0.6) is 0 Å². The molecule has 0 spiro atoms. The highest BCUT2D eigenvalue weighted by atomic mass is 16.4. The van der Waals surface area contributed by atoms with Crippen LogP contribution in [-0.4, -0.2) is 32.2 Å². The molecule has 0 saturated carbocycles. The predicted molar refractivity (Wildman–Crippen MR) is 76.0 cm³/mol. The fourth-order valence-electron chi connectivity index (χ4n) is 2.02. The molecule has 6 nitrogen and oxygen atoms in total. The number of pyridine rings is 1. The van der Waals surface area contributed by atoms with Crippen LogP contribution in [0.2, 0.25) is 0 Å². The molecule has 2 aromatic heterocycles. The lowest BCUT2D eigenvalue weighted by Gasteiger charge is -2.12. The Morgan fingerprint density at radius 3 is 2.90 bits per heavy atom. The van der Waals surface area contributed by atoms with E-state index in [1.54, 1.807) is 18.5 Å². The molecule has 0 fully saturated rings. The molecule has 0 saturated heterocycles. The summed E-state index contributed by atoms with van der Waals surface area (Å²) in [6.07, 6.45) is 5.28. The topological polar surface area (TPSA) is 80.0 Å². The Kier molecular flexibility index (Phi) is 4.34. The number of aromatic carboxylic acids is 1. The van der Waals surface area contributed by atoms with Crippen molar-refractivity contribution >= 4 is 11.8 Å². The molecule has 2 aromatic rings. The van der Waals surface area contributed by atoms with Crippen molar-refractivity contribution in [2.45, 2.75) is 26.3 Å². The van der Waals surface area contributed by atoms with E-state index in [9.17, 15) is 4.79 Å². The first-order valence-corrected chi connectivity index (χ1v) is 6.52.